The molecule has 0 aromatic heterocycles. The number of anilines is 1. The Morgan fingerprint density at radius 1 is 0.800 bits per heavy atom. The van der Waals surface area contributed by atoms with Crippen LogP contribution in [0.2, 0.25) is 10.0 Å². The van der Waals surface area contributed by atoms with Gasteiger partial charge in [0.2, 0.25) is 0 Å². The maximum Gasteiger partial charge on any atom is 0.119 e. The highest BCUT2D eigenvalue weighted by atomic mass is 35.5. The molecule has 128 valence electrons. The molecule has 0 saturated heterocycles. The molecule has 0 aliphatic heterocycles. The number of ether oxygens (including phenoxy) is 1. The predicted molar refractivity (Wildman–Crippen MR) is 106 cm³/mol. The lowest BCUT2D eigenvalue weighted by Gasteiger charge is -2.09. The Bertz CT molecular complexity index is 830. The molecule has 1 N–H and O–H groups in total. The van der Waals surface area contributed by atoms with Crippen LogP contribution in [0.4, 0.5) is 5.69 Å². The summed E-state index contributed by atoms with van der Waals surface area (Å²) in [5, 5.41) is 4.50. The van der Waals surface area contributed by atoms with Gasteiger partial charge < -0.3 is 10.1 Å². The lowest BCUT2D eigenvalue weighted by atomic mass is 10.2. The normalized spacial score (nSPS) is 10.5. The molecule has 0 unspecified atom stereocenters. The molecular formula is C21H19Cl2NO. The standard InChI is InChI=1S/C21H19Cl2NO/c1-15-2-7-18(8-3-15)24-13-16-4-9-19(10-5-16)25-14-17-6-11-20(22)21(23)12-17/h2-12,24H,13-14H2,1H3. The van der Waals surface area contributed by atoms with Crippen LogP contribution in [0, 0.1) is 6.92 Å². The molecule has 0 amide bonds. The third kappa shape index (κ3) is 5.15. The molecule has 3 rings (SSSR count). The van der Waals surface area contributed by atoms with Gasteiger partial charge in [0, 0.05) is 12.2 Å². The third-order valence-corrected chi connectivity index (χ3v) is 4.60. The Morgan fingerprint density at radius 3 is 2.16 bits per heavy atom. The van der Waals surface area contributed by atoms with Gasteiger partial charge in [-0.15, -0.1) is 0 Å². The van der Waals surface area contributed by atoms with Crippen LogP contribution in [-0.2, 0) is 13.2 Å². The van der Waals surface area contributed by atoms with E-state index in [2.05, 4.69) is 48.6 Å². The lowest BCUT2D eigenvalue weighted by molar-refractivity contribution is 0.306. The SMILES string of the molecule is Cc1ccc(NCc2ccc(OCc3ccc(Cl)c(Cl)c3)cc2)cc1. The van der Waals surface area contributed by atoms with Gasteiger partial charge in [-0.25, -0.2) is 0 Å². The Labute approximate surface area is 158 Å². The largest absolute Gasteiger partial charge is 0.489 e. The van der Waals surface area contributed by atoms with Crippen molar-refractivity contribution in [1.82, 2.24) is 0 Å². The van der Waals surface area contributed by atoms with Crippen molar-refractivity contribution in [3.05, 3.63) is 93.5 Å². The first-order valence-corrected chi connectivity index (χ1v) is 8.82. The van der Waals surface area contributed by atoms with E-state index in [1.807, 2.05) is 24.3 Å². The Morgan fingerprint density at radius 2 is 1.48 bits per heavy atom. The van der Waals surface area contributed by atoms with Gasteiger partial charge in [-0.1, -0.05) is 59.1 Å². The Kier molecular flexibility index (Phi) is 5.85. The maximum absolute atomic E-state index is 6.02. The topological polar surface area (TPSA) is 21.3 Å². The van der Waals surface area contributed by atoms with E-state index < -0.39 is 0 Å². The molecule has 0 atom stereocenters. The molecule has 0 spiro atoms. The molecule has 25 heavy (non-hydrogen) atoms. The van der Waals surface area contributed by atoms with Crippen molar-refractivity contribution in [2.75, 3.05) is 5.32 Å². The molecular weight excluding hydrogens is 353 g/mol. The van der Waals surface area contributed by atoms with Crippen molar-refractivity contribution < 1.29 is 4.74 Å². The summed E-state index contributed by atoms with van der Waals surface area (Å²) in [6, 6.07) is 22.0. The molecule has 0 aliphatic carbocycles. The van der Waals surface area contributed by atoms with E-state index >= 15 is 0 Å². The van der Waals surface area contributed by atoms with Crippen LogP contribution < -0.4 is 10.1 Å². The minimum Gasteiger partial charge on any atom is -0.489 e. The molecule has 2 nitrogen and oxygen atoms in total. The van der Waals surface area contributed by atoms with Crippen molar-refractivity contribution in [3.63, 3.8) is 0 Å². The Balaban J connectivity index is 1.53. The second-order valence-corrected chi connectivity index (χ2v) is 6.72. The summed E-state index contributed by atoms with van der Waals surface area (Å²) in [4.78, 5) is 0. The minimum absolute atomic E-state index is 0.456. The fraction of sp³-hybridized carbons (Fsp3) is 0.143. The van der Waals surface area contributed by atoms with Crippen molar-refractivity contribution in [1.29, 1.82) is 0 Å². The van der Waals surface area contributed by atoms with E-state index in [0.29, 0.717) is 16.7 Å². The highest BCUT2D eigenvalue weighted by molar-refractivity contribution is 6.42. The zero-order chi connectivity index (χ0) is 17.6. The van der Waals surface area contributed by atoms with Gasteiger partial charge in [0.1, 0.15) is 12.4 Å². The van der Waals surface area contributed by atoms with Crippen LogP contribution in [0.3, 0.4) is 0 Å². The molecule has 0 saturated carbocycles. The summed E-state index contributed by atoms with van der Waals surface area (Å²) >= 11 is 11.9. The van der Waals surface area contributed by atoms with Crippen LogP contribution in [0.5, 0.6) is 5.75 Å². The summed E-state index contributed by atoms with van der Waals surface area (Å²) < 4.78 is 5.80. The highest BCUT2D eigenvalue weighted by Crippen LogP contribution is 2.23. The molecule has 3 aromatic carbocycles. The fourth-order valence-electron chi connectivity index (χ4n) is 2.38. The van der Waals surface area contributed by atoms with Crippen LogP contribution in [0.15, 0.2) is 66.7 Å². The highest BCUT2D eigenvalue weighted by Gasteiger charge is 2.01. The number of nitrogens with one attached hydrogen (secondary N) is 1. The summed E-state index contributed by atoms with van der Waals surface area (Å²) in [7, 11) is 0. The van der Waals surface area contributed by atoms with Crippen molar-refractivity contribution in [2.24, 2.45) is 0 Å². The minimum atomic E-state index is 0.456. The first-order valence-electron chi connectivity index (χ1n) is 8.06. The molecule has 3 aromatic rings. The quantitative estimate of drug-likeness (QED) is 0.534. The number of rotatable bonds is 6. The number of hydrogen-bond acceptors (Lipinski definition) is 2. The first kappa shape index (κ1) is 17.7. The summed E-state index contributed by atoms with van der Waals surface area (Å²) in [6.45, 7) is 3.31. The zero-order valence-electron chi connectivity index (χ0n) is 13.9. The monoisotopic (exact) mass is 371 g/mol. The van der Waals surface area contributed by atoms with E-state index in [1.54, 1.807) is 6.07 Å². The van der Waals surface area contributed by atoms with Gasteiger partial charge in [-0.3, -0.25) is 0 Å². The summed E-state index contributed by atoms with van der Waals surface area (Å²) in [5.41, 5.74) is 4.56. The van der Waals surface area contributed by atoms with Gasteiger partial charge in [-0.05, 0) is 54.4 Å². The van der Waals surface area contributed by atoms with Gasteiger partial charge >= 0.3 is 0 Å². The zero-order valence-corrected chi connectivity index (χ0v) is 15.4. The van der Waals surface area contributed by atoms with Crippen LogP contribution >= 0.6 is 23.2 Å². The number of halogens is 2. The maximum atomic E-state index is 6.02. The molecule has 0 fully saturated rings. The molecule has 4 heteroatoms. The van der Waals surface area contributed by atoms with E-state index in [0.717, 1.165) is 23.5 Å². The fourth-order valence-corrected chi connectivity index (χ4v) is 2.70. The first-order chi connectivity index (χ1) is 12.1. The van der Waals surface area contributed by atoms with Crippen LogP contribution in [0.25, 0.3) is 0 Å². The average Bonchev–Trinajstić information content (AvgIpc) is 2.63. The lowest BCUT2D eigenvalue weighted by Crippen LogP contribution is -2.00. The van der Waals surface area contributed by atoms with Gasteiger partial charge in [0.05, 0.1) is 10.0 Å². The van der Waals surface area contributed by atoms with Crippen molar-refractivity contribution in [2.45, 2.75) is 20.1 Å². The van der Waals surface area contributed by atoms with E-state index in [9.17, 15) is 0 Å². The number of benzene rings is 3. The van der Waals surface area contributed by atoms with Crippen LogP contribution in [0.1, 0.15) is 16.7 Å². The Hall–Kier alpha value is -2.16. The van der Waals surface area contributed by atoms with Crippen LogP contribution in [-0.4, -0.2) is 0 Å². The second kappa shape index (κ2) is 8.28. The average molecular weight is 372 g/mol. The molecule has 0 heterocycles. The smallest absolute Gasteiger partial charge is 0.119 e. The predicted octanol–water partition coefficient (Wildman–Crippen LogP) is 6.49. The molecule has 0 radical (unpaired) electrons. The van der Waals surface area contributed by atoms with Crippen molar-refractivity contribution in [3.8, 4) is 5.75 Å². The van der Waals surface area contributed by atoms with Gasteiger partial charge in [0.25, 0.3) is 0 Å². The second-order valence-electron chi connectivity index (χ2n) is 5.90. The summed E-state index contributed by atoms with van der Waals surface area (Å²) in [5.74, 6) is 0.824. The molecule has 0 bridgehead atoms. The van der Waals surface area contributed by atoms with Gasteiger partial charge in [0.15, 0.2) is 0 Å². The number of hydrogen-bond donors (Lipinski definition) is 1. The van der Waals surface area contributed by atoms with Gasteiger partial charge in [-0.2, -0.15) is 0 Å². The van der Waals surface area contributed by atoms with E-state index in [-0.39, 0.29) is 0 Å². The molecule has 0 aliphatic rings. The number of aryl methyl sites for hydroxylation is 1. The van der Waals surface area contributed by atoms with E-state index in [1.165, 1.54) is 11.1 Å². The third-order valence-electron chi connectivity index (χ3n) is 3.86. The van der Waals surface area contributed by atoms with Crippen molar-refractivity contribution >= 4 is 28.9 Å². The summed E-state index contributed by atoms with van der Waals surface area (Å²) in [6.07, 6.45) is 0. The van der Waals surface area contributed by atoms with E-state index in [4.69, 9.17) is 27.9 Å².